The smallest absolute Gasteiger partial charge is 0.350 e. The normalized spacial score (nSPS) is 15.5. The van der Waals surface area contributed by atoms with Gasteiger partial charge in [0, 0.05) is 25.4 Å². The molecule has 4 rings (SSSR count). The lowest BCUT2D eigenvalue weighted by atomic mass is 9.99. The third kappa shape index (κ3) is 5.52. The highest BCUT2D eigenvalue weighted by Gasteiger charge is 2.35. The van der Waals surface area contributed by atoms with Crippen molar-refractivity contribution in [2.24, 2.45) is 5.92 Å². The number of nitrogens with one attached hydrogen (secondary N) is 2. The number of carbonyl (C=O) groups excluding carboxylic acids is 1. The van der Waals surface area contributed by atoms with Gasteiger partial charge in [-0.3, -0.25) is 9.48 Å². The minimum atomic E-state index is -4.49. The number of amides is 1. The Bertz CT molecular complexity index is 1210. The van der Waals surface area contributed by atoms with E-state index in [2.05, 4.69) is 30.7 Å². The van der Waals surface area contributed by atoms with Gasteiger partial charge in [-0.1, -0.05) is 27.3 Å². The van der Waals surface area contributed by atoms with E-state index in [1.165, 1.54) is 16.8 Å². The van der Waals surface area contributed by atoms with Gasteiger partial charge in [0.05, 0.1) is 24.1 Å². The van der Waals surface area contributed by atoms with Gasteiger partial charge in [0.2, 0.25) is 11.9 Å². The van der Waals surface area contributed by atoms with Crippen LogP contribution >= 0.6 is 0 Å². The fraction of sp³-hybridized carbons (Fsp3) is 0.435. The molecule has 9 nitrogen and oxygen atoms in total. The highest BCUT2D eigenvalue weighted by molar-refractivity contribution is 6.03. The van der Waals surface area contributed by atoms with E-state index in [9.17, 15) is 18.0 Å². The van der Waals surface area contributed by atoms with Gasteiger partial charge in [0.1, 0.15) is 17.4 Å². The van der Waals surface area contributed by atoms with Crippen molar-refractivity contribution in [1.82, 2.24) is 24.7 Å². The minimum Gasteiger partial charge on any atom is -0.350 e. The van der Waals surface area contributed by atoms with Crippen LogP contribution in [0.5, 0.6) is 0 Å². The Kier molecular flexibility index (Phi) is 7.32. The molecule has 12 heteroatoms. The number of fused-ring (bicyclic) bond motifs is 1. The number of alkyl halides is 3. The SMILES string of the molecule is C.Cc1nc(NCc2cnn(Cc3cccc(C(F)(F)F)n3)c2)nc2c1NC(=O)[C@H](C(C)C)N2C. The summed E-state index contributed by atoms with van der Waals surface area (Å²) in [6.07, 6.45) is -1.15. The van der Waals surface area contributed by atoms with Crippen LogP contribution in [0, 0.1) is 12.8 Å². The fourth-order valence-corrected chi connectivity index (χ4v) is 3.95. The third-order valence-electron chi connectivity index (χ3n) is 5.53. The van der Waals surface area contributed by atoms with Crippen LogP contribution in [0.25, 0.3) is 0 Å². The Morgan fingerprint density at radius 2 is 1.94 bits per heavy atom. The van der Waals surface area contributed by atoms with Gasteiger partial charge in [-0.15, -0.1) is 0 Å². The summed E-state index contributed by atoms with van der Waals surface area (Å²) >= 11 is 0. The van der Waals surface area contributed by atoms with E-state index < -0.39 is 11.9 Å². The summed E-state index contributed by atoms with van der Waals surface area (Å²) in [5.41, 5.74) is 1.36. The summed E-state index contributed by atoms with van der Waals surface area (Å²) in [7, 11) is 1.84. The molecule has 1 atom stereocenters. The second-order valence-electron chi connectivity index (χ2n) is 8.53. The van der Waals surface area contributed by atoms with E-state index in [-0.39, 0.29) is 37.5 Å². The number of pyridine rings is 1. The van der Waals surface area contributed by atoms with Crippen LogP contribution in [0.2, 0.25) is 0 Å². The van der Waals surface area contributed by atoms with E-state index in [1.54, 1.807) is 19.3 Å². The van der Waals surface area contributed by atoms with Crippen LogP contribution < -0.4 is 15.5 Å². The molecule has 1 amide bonds. The van der Waals surface area contributed by atoms with Crippen LogP contribution in [0.1, 0.15) is 43.9 Å². The number of nitrogens with zero attached hydrogens (tertiary/aromatic N) is 6. The van der Waals surface area contributed by atoms with Gasteiger partial charge in [-0.05, 0) is 25.0 Å². The Hall–Kier alpha value is -3.70. The molecule has 0 aromatic carbocycles. The van der Waals surface area contributed by atoms with Crippen molar-refractivity contribution in [2.45, 2.75) is 53.5 Å². The number of likely N-dealkylation sites (N-methyl/N-ethyl adjacent to an activating group) is 1. The zero-order valence-electron chi connectivity index (χ0n) is 19.2. The van der Waals surface area contributed by atoms with Gasteiger partial charge < -0.3 is 15.5 Å². The van der Waals surface area contributed by atoms with Crippen molar-refractivity contribution < 1.29 is 18.0 Å². The highest BCUT2D eigenvalue weighted by atomic mass is 19.4. The van der Waals surface area contributed by atoms with E-state index >= 15 is 0 Å². The lowest BCUT2D eigenvalue weighted by Gasteiger charge is -2.36. The molecule has 0 saturated heterocycles. The van der Waals surface area contributed by atoms with Crippen molar-refractivity contribution in [1.29, 1.82) is 0 Å². The van der Waals surface area contributed by atoms with Gasteiger partial charge in [-0.2, -0.15) is 23.3 Å². The maximum atomic E-state index is 12.9. The van der Waals surface area contributed by atoms with Crippen LogP contribution in [-0.2, 0) is 24.1 Å². The first-order valence-corrected chi connectivity index (χ1v) is 10.7. The lowest BCUT2D eigenvalue weighted by Crippen LogP contribution is -2.49. The quantitative estimate of drug-likeness (QED) is 0.536. The number of aromatic nitrogens is 5. The van der Waals surface area contributed by atoms with Crippen molar-refractivity contribution in [2.75, 3.05) is 22.6 Å². The summed E-state index contributed by atoms with van der Waals surface area (Å²) in [6.45, 7) is 6.23. The van der Waals surface area contributed by atoms with E-state index in [1.807, 2.05) is 25.8 Å². The van der Waals surface area contributed by atoms with Gasteiger partial charge in [0.25, 0.3) is 0 Å². The van der Waals surface area contributed by atoms with Gasteiger partial charge in [0.15, 0.2) is 5.82 Å². The summed E-state index contributed by atoms with van der Waals surface area (Å²) < 4.78 is 40.2. The number of anilines is 3. The molecule has 3 aromatic heterocycles. The second-order valence-corrected chi connectivity index (χ2v) is 8.53. The number of hydrogen-bond donors (Lipinski definition) is 2. The maximum absolute atomic E-state index is 12.9. The lowest BCUT2D eigenvalue weighted by molar-refractivity contribution is -0.141. The van der Waals surface area contributed by atoms with Crippen LogP contribution in [0.4, 0.5) is 30.6 Å². The summed E-state index contributed by atoms with van der Waals surface area (Å²) in [5.74, 6) is 1.05. The molecule has 0 bridgehead atoms. The molecular formula is C23H29F3N8O. The number of halogens is 3. The molecule has 0 saturated carbocycles. The molecule has 0 fully saturated rings. The Labute approximate surface area is 201 Å². The van der Waals surface area contributed by atoms with E-state index in [0.717, 1.165) is 11.6 Å². The number of carbonyl (C=O) groups is 1. The molecule has 3 aromatic rings. The van der Waals surface area contributed by atoms with E-state index in [4.69, 9.17) is 0 Å². The molecule has 35 heavy (non-hydrogen) atoms. The molecule has 0 spiro atoms. The highest BCUT2D eigenvalue weighted by Crippen LogP contribution is 2.34. The Morgan fingerprint density at radius 1 is 1.20 bits per heavy atom. The minimum absolute atomic E-state index is 0. The topological polar surface area (TPSA) is 101 Å². The van der Waals surface area contributed by atoms with Gasteiger partial charge >= 0.3 is 6.18 Å². The molecule has 4 heterocycles. The zero-order chi connectivity index (χ0) is 24.6. The summed E-state index contributed by atoms with van der Waals surface area (Å²) in [5, 5.41) is 10.3. The van der Waals surface area contributed by atoms with Crippen molar-refractivity contribution in [3.8, 4) is 0 Å². The molecule has 1 aliphatic heterocycles. The largest absolute Gasteiger partial charge is 0.433 e. The Morgan fingerprint density at radius 3 is 2.63 bits per heavy atom. The average molecular weight is 491 g/mol. The number of rotatable bonds is 6. The van der Waals surface area contributed by atoms with Crippen molar-refractivity contribution >= 4 is 23.4 Å². The average Bonchev–Trinajstić information content (AvgIpc) is 3.20. The predicted octanol–water partition coefficient (Wildman–Crippen LogP) is 4.10. The maximum Gasteiger partial charge on any atom is 0.433 e. The molecule has 0 aliphatic carbocycles. The Balaban J connectivity index is 0.00000342. The van der Waals surface area contributed by atoms with E-state index in [0.29, 0.717) is 29.7 Å². The second kappa shape index (κ2) is 9.88. The number of hydrogen-bond acceptors (Lipinski definition) is 7. The first kappa shape index (κ1) is 25.9. The summed E-state index contributed by atoms with van der Waals surface area (Å²) in [4.78, 5) is 27.0. The molecule has 188 valence electrons. The molecule has 2 N–H and O–H groups in total. The monoisotopic (exact) mass is 490 g/mol. The van der Waals surface area contributed by atoms with Gasteiger partial charge in [-0.25, -0.2) is 9.97 Å². The van der Waals surface area contributed by atoms with Crippen LogP contribution in [0.3, 0.4) is 0 Å². The first-order valence-electron chi connectivity index (χ1n) is 10.7. The van der Waals surface area contributed by atoms with Crippen LogP contribution in [0.15, 0.2) is 30.6 Å². The first-order chi connectivity index (χ1) is 16.0. The predicted molar refractivity (Wildman–Crippen MR) is 127 cm³/mol. The molecule has 1 aliphatic rings. The molecule has 0 radical (unpaired) electrons. The third-order valence-corrected chi connectivity index (χ3v) is 5.53. The fourth-order valence-electron chi connectivity index (χ4n) is 3.95. The molecule has 0 unspecified atom stereocenters. The standard InChI is InChI=1S/C22H25F3N8O.CH4/c1-12(2)18-20(34)30-17-13(3)28-21(31-19(17)32(18)4)26-8-14-9-27-33(10-14)11-15-6-5-7-16(29-15)22(23,24)25;/h5-7,9-10,12,18H,8,11H2,1-4H3,(H,30,34)(H,26,28,31);1H4/t18-;/m0./s1. The number of aryl methyl sites for hydroxylation is 1. The summed E-state index contributed by atoms with van der Waals surface area (Å²) in [6, 6.07) is 3.46. The van der Waals surface area contributed by atoms with Crippen LogP contribution in [-0.4, -0.2) is 43.7 Å². The van der Waals surface area contributed by atoms with Crippen molar-refractivity contribution in [3.63, 3.8) is 0 Å². The zero-order valence-corrected chi connectivity index (χ0v) is 19.2. The van der Waals surface area contributed by atoms with Crippen molar-refractivity contribution in [3.05, 3.63) is 53.2 Å². The molecular weight excluding hydrogens is 461 g/mol.